The van der Waals surface area contributed by atoms with Crippen LogP contribution in [0.5, 0.6) is 0 Å². The van der Waals surface area contributed by atoms with Crippen molar-refractivity contribution >= 4 is 5.91 Å². The van der Waals surface area contributed by atoms with E-state index in [2.05, 4.69) is 17.8 Å². The normalized spacial score (nSPS) is 19.5. The maximum absolute atomic E-state index is 10.6. The number of hydrogen-bond acceptors (Lipinski definition) is 2. The third kappa shape index (κ3) is 1.99. The van der Waals surface area contributed by atoms with Crippen molar-refractivity contribution in [3.05, 3.63) is 6.04 Å². The van der Waals surface area contributed by atoms with E-state index >= 15 is 0 Å². The summed E-state index contributed by atoms with van der Waals surface area (Å²) in [6.07, 6.45) is 3.94. The van der Waals surface area contributed by atoms with Gasteiger partial charge in [0, 0.05) is 6.42 Å². The SMILES string of the molecule is CCCC[C]1CC(=O)NN1. The Bertz CT molecular complexity index is 125. The molecule has 1 aliphatic heterocycles. The Labute approximate surface area is 61.2 Å². The molecule has 0 atom stereocenters. The molecule has 2 N–H and O–H groups in total. The summed E-state index contributed by atoms with van der Waals surface area (Å²) in [5.41, 5.74) is 5.41. The topological polar surface area (TPSA) is 41.1 Å². The smallest absolute Gasteiger partial charge is 0.236 e. The molecule has 10 heavy (non-hydrogen) atoms. The van der Waals surface area contributed by atoms with Crippen molar-refractivity contribution in [2.45, 2.75) is 32.6 Å². The fourth-order valence-corrected chi connectivity index (χ4v) is 0.981. The molecule has 0 bridgehead atoms. The Morgan fingerprint density at radius 3 is 2.80 bits per heavy atom. The number of carbonyl (C=O) groups excluding carboxylic acids is 1. The predicted octanol–water partition coefficient (Wildman–Crippen LogP) is 0.733. The monoisotopic (exact) mass is 141 g/mol. The summed E-state index contributed by atoms with van der Waals surface area (Å²) >= 11 is 0. The lowest BCUT2D eigenvalue weighted by molar-refractivity contribution is -0.119. The van der Waals surface area contributed by atoms with E-state index in [4.69, 9.17) is 0 Å². The van der Waals surface area contributed by atoms with E-state index in [9.17, 15) is 4.79 Å². The van der Waals surface area contributed by atoms with Gasteiger partial charge < -0.3 is 0 Å². The third-order valence-electron chi connectivity index (χ3n) is 1.58. The first-order chi connectivity index (χ1) is 4.83. The van der Waals surface area contributed by atoms with Gasteiger partial charge in [-0.2, -0.15) is 0 Å². The van der Waals surface area contributed by atoms with Crippen molar-refractivity contribution < 1.29 is 4.79 Å². The Morgan fingerprint density at radius 2 is 2.30 bits per heavy atom. The molecule has 1 saturated heterocycles. The first kappa shape index (κ1) is 7.54. The van der Waals surface area contributed by atoms with E-state index in [-0.39, 0.29) is 5.91 Å². The van der Waals surface area contributed by atoms with Crippen molar-refractivity contribution in [1.29, 1.82) is 0 Å². The fourth-order valence-electron chi connectivity index (χ4n) is 0.981. The van der Waals surface area contributed by atoms with Crippen LogP contribution in [0.15, 0.2) is 0 Å². The minimum absolute atomic E-state index is 0.0890. The van der Waals surface area contributed by atoms with E-state index in [1.165, 1.54) is 6.42 Å². The van der Waals surface area contributed by atoms with Crippen LogP contribution < -0.4 is 10.9 Å². The molecule has 0 unspecified atom stereocenters. The van der Waals surface area contributed by atoms with Crippen LogP contribution in [-0.4, -0.2) is 5.91 Å². The van der Waals surface area contributed by atoms with E-state index < -0.39 is 0 Å². The van der Waals surface area contributed by atoms with E-state index in [0.29, 0.717) is 6.42 Å². The second kappa shape index (κ2) is 3.56. The van der Waals surface area contributed by atoms with Gasteiger partial charge in [-0.25, -0.2) is 5.43 Å². The Kier molecular flexibility index (Phi) is 2.68. The molecule has 57 valence electrons. The molecule has 1 heterocycles. The van der Waals surface area contributed by atoms with Gasteiger partial charge in [0.25, 0.3) is 0 Å². The summed E-state index contributed by atoms with van der Waals surface area (Å²) in [7, 11) is 0. The Balaban J connectivity index is 2.12. The predicted molar refractivity (Wildman–Crippen MR) is 38.7 cm³/mol. The van der Waals surface area contributed by atoms with Gasteiger partial charge in [0.2, 0.25) is 5.91 Å². The highest BCUT2D eigenvalue weighted by atomic mass is 16.2. The first-order valence-corrected chi connectivity index (χ1v) is 3.72. The summed E-state index contributed by atoms with van der Waals surface area (Å²) in [6, 6.07) is 1.13. The molecule has 0 spiro atoms. The number of hydrazine groups is 1. The lowest BCUT2D eigenvalue weighted by Crippen LogP contribution is -2.27. The molecule has 1 aliphatic rings. The van der Waals surface area contributed by atoms with E-state index in [1.54, 1.807) is 0 Å². The van der Waals surface area contributed by atoms with Gasteiger partial charge in [-0.1, -0.05) is 19.8 Å². The number of rotatable bonds is 3. The van der Waals surface area contributed by atoms with Gasteiger partial charge >= 0.3 is 0 Å². The van der Waals surface area contributed by atoms with Crippen LogP contribution in [0.2, 0.25) is 0 Å². The molecular weight excluding hydrogens is 128 g/mol. The van der Waals surface area contributed by atoms with E-state index in [1.807, 2.05) is 0 Å². The summed E-state index contributed by atoms with van der Waals surface area (Å²) in [4.78, 5) is 10.6. The van der Waals surface area contributed by atoms with Gasteiger partial charge in [0.1, 0.15) is 0 Å². The van der Waals surface area contributed by atoms with Gasteiger partial charge in [0.15, 0.2) is 0 Å². The minimum Gasteiger partial charge on any atom is -0.291 e. The summed E-state index contributed by atoms with van der Waals surface area (Å²) in [5.74, 6) is 0.0890. The zero-order valence-electron chi connectivity index (χ0n) is 6.24. The standard InChI is InChI=1S/C7H13N2O/c1-2-3-4-6-5-7(10)9-8-6/h8H,2-5H2,1H3,(H,9,10). The largest absolute Gasteiger partial charge is 0.291 e. The van der Waals surface area contributed by atoms with Crippen LogP contribution in [0.25, 0.3) is 0 Å². The maximum atomic E-state index is 10.6. The van der Waals surface area contributed by atoms with Gasteiger partial charge in [-0.3, -0.25) is 10.2 Å². The highest BCUT2D eigenvalue weighted by Crippen LogP contribution is 2.13. The highest BCUT2D eigenvalue weighted by molar-refractivity contribution is 5.79. The Morgan fingerprint density at radius 1 is 1.50 bits per heavy atom. The molecule has 0 aromatic carbocycles. The number of hydrogen-bond donors (Lipinski definition) is 2. The number of nitrogens with one attached hydrogen (secondary N) is 2. The molecule has 3 heteroatoms. The Hall–Kier alpha value is -0.570. The molecule has 0 aliphatic carbocycles. The maximum Gasteiger partial charge on any atom is 0.236 e. The average Bonchev–Trinajstić information content (AvgIpc) is 2.31. The number of amides is 1. The van der Waals surface area contributed by atoms with E-state index in [0.717, 1.165) is 18.9 Å². The molecule has 0 aromatic heterocycles. The molecule has 3 nitrogen and oxygen atoms in total. The van der Waals surface area contributed by atoms with Crippen LogP contribution in [0, 0.1) is 6.04 Å². The van der Waals surface area contributed by atoms with Crippen molar-refractivity contribution in [2.75, 3.05) is 0 Å². The molecule has 0 aromatic rings. The van der Waals surface area contributed by atoms with Gasteiger partial charge in [0.05, 0.1) is 6.04 Å². The van der Waals surface area contributed by atoms with Crippen LogP contribution in [0.3, 0.4) is 0 Å². The highest BCUT2D eigenvalue weighted by Gasteiger charge is 2.20. The van der Waals surface area contributed by atoms with Crippen LogP contribution in [0.4, 0.5) is 0 Å². The lowest BCUT2D eigenvalue weighted by atomic mass is 10.1. The zero-order chi connectivity index (χ0) is 7.40. The van der Waals surface area contributed by atoms with Gasteiger partial charge in [-0.05, 0) is 6.42 Å². The summed E-state index contributed by atoms with van der Waals surface area (Å²) in [5, 5.41) is 0. The van der Waals surface area contributed by atoms with Crippen molar-refractivity contribution in [2.24, 2.45) is 0 Å². The fraction of sp³-hybridized carbons (Fsp3) is 0.714. The van der Waals surface area contributed by atoms with Crippen LogP contribution >= 0.6 is 0 Å². The van der Waals surface area contributed by atoms with Crippen LogP contribution in [0.1, 0.15) is 32.6 Å². The summed E-state index contributed by atoms with van der Waals surface area (Å²) in [6.45, 7) is 2.14. The molecule has 1 radical (unpaired) electrons. The van der Waals surface area contributed by atoms with Crippen molar-refractivity contribution in [3.8, 4) is 0 Å². The average molecular weight is 141 g/mol. The molecule has 1 amide bonds. The van der Waals surface area contributed by atoms with Gasteiger partial charge in [-0.15, -0.1) is 0 Å². The lowest BCUT2D eigenvalue weighted by Gasteiger charge is -2.03. The second-order valence-corrected chi connectivity index (χ2v) is 2.56. The number of carbonyl (C=O) groups is 1. The molecule has 1 fully saturated rings. The molecule has 1 rings (SSSR count). The number of unbranched alkanes of at least 4 members (excludes halogenated alkanes) is 1. The third-order valence-corrected chi connectivity index (χ3v) is 1.58. The minimum atomic E-state index is 0.0890. The molecular formula is C7H13N2O. The second-order valence-electron chi connectivity index (χ2n) is 2.56. The summed E-state index contributed by atoms with van der Waals surface area (Å²) < 4.78 is 0. The first-order valence-electron chi connectivity index (χ1n) is 3.72. The quantitative estimate of drug-likeness (QED) is 0.608. The van der Waals surface area contributed by atoms with Crippen molar-refractivity contribution in [3.63, 3.8) is 0 Å². The van der Waals surface area contributed by atoms with Crippen LogP contribution in [-0.2, 0) is 4.79 Å². The zero-order valence-corrected chi connectivity index (χ0v) is 6.24. The van der Waals surface area contributed by atoms with Crippen molar-refractivity contribution in [1.82, 2.24) is 10.9 Å². The molecule has 0 saturated carbocycles.